The minimum Gasteiger partial charge on any atom is -0.479 e. The molecule has 2 aromatic heterocycles. The summed E-state index contributed by atoms with van der Waals surface area (Å²) >= 11 is 0. The smallest absolute Gasteiger partial charge is 0.331 e. The van der Waals surface area contributed by atoms with Crippen LogP contribution in [0.5, 0.6) is 0 Å². The lowest BCUT2D eigenvalue weighted by molar-refractivity contribution is -0.150. The summed E-state index contributed by atoms with van der Waals surface area (Å²) in [5.41, 5.74) is -0.754. The predicted octanol–water partition coefficient (Wildman–Crippen LogP) is 1.51. The third kappa shape index (κ3) is 3.11. The van der Waals surface area contributed by atoms with E-state index in [1.54, 1.807) is 35.6 Å². The van der Waals surface area contributed by atoms with Crippen LogP contribution in [-0.4, -0.2) is 54.7 Å². The molecule has 132 valence electrons. The molecular weight excluding hydrogens is 322 g/mol. The molecule has 0 saturated carbocycles. The van der Waals surface area contributed by atoms with E-state index in [0.717, 1.165) is 0 Å². The monoisotopic (exact) mass is 343 g/mol. The average Bonchev–Trinajstić information content (AvgIpc) is 3.16. The van der Waals surface area contributed by atoms with Crippen molar-refractivity contribution in [2.45, 2.75) is 38.1 Å². The largest absolute Gasteiger partial charge is 0.479 e. The molecule has 8 nitrogen and oxygen atoms in total. The highest BCUT2D eigenvalue weighted by atomic mass is 16.4. The van der Waals surface area contributed by atoms with Crippen molar-refractivity contribution in [3.63, 3.8) is 0 Å². The summed E-state index contributed by atoms with van der Waals surface area (Å²) in [6.45, 7) is 4.61. The zero-order valence-corrected chi connectivity index (χ0v) is 14.3. The first-order chi connectivity index (χ1) is 11.9. The van der Waals surface area contributed by atoms with E-state index in [4.69, 9.17) is 0 Å². The van der Waals surface area contributed by atoms with Crippen LogP contribution in [0.1, 0.15) is 48.9 Å². The molecular formula is C17H21N5O3. The minimum absolute atomic E-state index is 0.133. The van der Waals surface area contributed by atoms with E-state index in [1.807, 2.05) is 13.8 Å². The SMILES string of the molecule is CC(C)c1nccc(C(=O)N2CCC(C(=O)O)(n3cccn3)CC2)n1. The standard InChI is InChI=1S/C17H21N5O3/c1-12(2)14-18-8-4-13(20-14)15(23)21-10-5-17(6-11-21,16(24)25)22-9-3-7-19-22/h3-4,7-9,12H,5-6,10-11H2,1-2H3,(H,24,25). The number of likely N-dealkylation sites (tertiary alicyclic amines) is 1. The van der Waals surface area contributed by atoms with Gasteiger partial charge in [-0.2, -0.15) is 5.10 Å². The Morgan fingerprint density at radius 2 is 1.96 bits per heavy atom. The van der Waals surface area contributed by atoms with Crippen molar-refractivity contribution < 1.29 is 14.7 Å². The molecule has 0 bridgehead atoms. The van der Waals surface area contributed by atoms with Crippen LogP contribution in [-0.2, 0) is 10.3 Å². The number of carboxylic acids is 1. The fourth-order valence-electron chi connectivity index (χ4n) is 3.08. The summed E-state index contributed by atoms with van der Waals surface area (Å²) in [6, 6.07) is 3.30. The van der Waals surface area contributed by atoms with Gasteiger partial charge in [0.1, 0.15) is 11.5 Å². The maximum atomic E-state index is 12.7. The Morgan fingerprint density at radius 3 is 2.52 bits per heavy atom. The molecule has 0 atom stereocenters. The Balaban J connectivity index is 1.76. The van der Waals surface area contributed by atoms with Gasteiger partial charge in [-0.15, -0.1) is 0 Å². The molecule has 1 aliphatic rings. The van der Waals surface area contributed by atoms with Crippen molar-refractivity contribution in [3.05, 3.63) is 42.2 Å². The molecule has 0 aliphatic carbocycles. The lowest BCUT2D eigenvalue weighted by Gasteiger charge is -2.38. The van der Waals surface area contributed by atoms with E-state index in [0.29, 0.717) is 37.4 Å². The van der Waals surface area contributed by atoms with Gasteiger partial charge in [0.05, 0.1) is 0 Å². The van der Waals surface area contributed by atoms with E-state index in [-0.39, 0.29) is 11.8 Å². The van der Waals surface area contributed by atoms with Crippen LogP contribution in [0.25, 0.3) is 0 Å². The normalized spacial score (nSPS) is 16.8. The second-order valence-corrected chi connectivity index (χ2v) is 6.53. The highest BCUT2D eigenvalue weighted by Gasteiger charge is 2.44. The van der Waals surface area contributed by atoms with E-state index >= 15 is 0 Å². The zero-order valence-electron chi connectivity index (χ0n) is 14.3. The molecule has 25 heavy (non-hydrogen) atoms. The fraction of sp³-hybridized carbons (Fsp3) is 0.471. The summed E-state index contributed by atoms with van der Waals surface area (Å²) in [7, 11) is 0. The maximum absolute atomic E-state index is 12.7. The number of carbonyl (C=O) groups is 2. The molecule has 1 N–H and O–H groups in total. The van der Waals surface area contributed by atoms with Gasteiger partial charge < -0.3 is 10.0 Å². The van der Waals surface area contributed by atoms with E-state index in [2.05, 4.69) is 15.1 Å². The van der Waals surface area contributed by atoms with Crippen LogP contribution in [0.15, 0.2) is 30.7 Å². The highest BCUT2D eigenvalue weighted by molar-refractivity contribution is 5.92. The molecule has 1 amide bonds. The third-order valence-electron chi connectivity index (χ3n) is 4.63. The highest BCUT2D eigenvalue weighted by Crippen LogP contribution is 2.30. The van der Waals surface area contributed by atoms with Crippen molar-refractivity contribution in [2.75, 3.05) is 13.1 Å². The quantitative estimate of drug-likeness (QED) is 0.903. The van der Waals surface area contributed by atoms with Crippen LogP contribution >= 0.6 is 0 Å². The topological polar surface area (TPSA) is 101 Å². The fourth-order valence-corrected chi connectivity index (χ4v) is 3.08. The van der Waals surface area contributed by atoms with Gasteiger partial charge in [0.15, 0.2) is 5.54 Å². The van der Waals surface area contributed by atoms with Crippen LogP contribution in [0.2, 0.25) is 0 Å². The van der Waals surface area contributed by atoms with Crippen LogP contribution in [0, 0.1) is 0 Å². The number of hydrogen-bond acceptors (Lipinski definition) is 5. The van der Waals surface area contributed by atoms with Crippen LogP contribution in [0.4, 0.5) is 0 Å². The van der Waals surface area contributed by atoms with Crippen molar-refractivity contribution >= 4 is 11.9 Å². The first kappa shape index (κ1) is 17.1. The second kappa shape index (κ2) is 6.62. The first-order valence-electron chi connectivity index (χ1n) is 8.30. The second-order valence-electron chi connectivity index (χ2n) is 6.53. The molecule has 0 radical (unpaired) electrons. The zero-order chi connectivity index (χ0) is 18.0. The van der Waals surface area contributed by atoms with Crippen LogP contribution in [0.3, 0.4) is 0 Å². The van der Waals surface area contributed by atoms with Gasteiger partial charge in [0.25, 0.3) is 5.91 Å². The van der Waals surface area contributed by atoms with Gasteiger partial charge in [-0.25, -0.2) is 14.8 Å². The summed E-state index contributed by atoms with van der Waals surface area (Å²) in [5, 5.41) is 13.8. The molecule has 3 heterocycles. The number of hydrogen-bond donors (Lipinski definition) is 1. The summed E-state index contributed by atoms with van der Waals surface area (Å²) in [6.07, 6.45) is 5.42. The Kier molecular flexibility index (Phi) is 4.52. The number of aliphatic carboxylic acids is 1. The van der Waals surface area contributed by atoms with Crippen molar-refractivity contribution in [1.29, 1.82) is 0 Å². The number of carbonyl (C=O) groups excluding carboxylic acids is 1. The molecule has 0 unspecified atom stereocenters. The van der Waals surface area contributed by atoms with E-state index in [9.17, 15) is 14.7 Å². The van der Waals surface area contributed by atoms with Gasteiger partial charge >= 0.3 is 5.97 Å². The predicted molar refractivity (Wildman–Crippen MR) is 89.1 cm³/mol. The molecule has 1 saturated heterocycles. The van der Waals surface area contributed by atoms with Gasteiger partial charge in [0, 0.05) is 50.4 Å². The van der Waals surface area contributed by atoms with Gasteiger partial charge in [0.2, 0.25) is 0 Å². The molecule has 0 spiro atoms. The minimum atomic E-state index is -1.10. The Hall–Kier alpha value is -2.77. The van der Waals surface area contributed by atoms with Gasteiger partial charge in [-0.05, 0) is 12.1 Å². The number of nitrogens with zero attached hydrogens (tertiary/aromatic N) is 5. The number of amides is 1. The van der Waals surface area contributed by atoms with Gasteiger partial charge in [-0.1, -0.05) is 13.8 Å². The first-order valence-corrected chi connectivity index (χ1v) is 8.30. The van der Waals surface area contributed by atoms with Crippen molar-refractivity contribution in [1.82, 2.24) is 24.6 Å². The maximum Gasteiger partial charge on any atom is 0.331 e. The molecule has 2 aromatic rings. The third-order valence-corrected chi connectivity index (χ3v) is 4.63. The Labute approximate surface area is 145 Å². The Bertz CT molecular complexity index is 764. The summed E-state index contributed by atoms with van der Waals surface area (Å²) < 4.78 is 1.48. The summed E-state index contributed by atoms with van der Waals surface area (Å²) in [4.78, 5) is 34.7. The molecule has 8 heteroatoms. The number of rotatable bonds is 4. The number of carboxylic acid groups (broad SMARTS) is 1. The number of piperidine rings is 1. The average molecular weight is 343 g/mol. The van der Waals surface area contributed by atoms with Crippen LogP contribution < -0.4 is 0 Å². The molecule has 1 aliphatic heterocycles. The molecule has 1 fully saturated rings. The molecule has 0 aromatic carbocycles. The van der Waals surface area contributed by atoms with Crippen molar-refractivity contribution in [2.24, 2.45) is 0 Å². The van der Waals surface area contributed by atoms with Crippen molar-refractivity contribution in [3.8, 4) is 0 Å². The summed E-state index contributed by atoms with van der Waals surface area (Å²) in [5.74, 6) is -0.357. The Morgan fingerprint density at radius 1 is 1.24 bits per heavy atom. The van der Waals surface area contributed by atoms with Gasteiger partial charge in [-0.3, -0.25) is 9.48 Å². The lowest BCUT2D eigenvalue weighted by Crippen LogP contribution is -2.52. The number of aromatic nitrogens is 4. The van der Waals surface area contributed by atoms with E-state index < -0.39 is 11.5 Å². The molecule has 3 rings (SSSR count). The lowest BCUT2D eigenvalue weighted by atomic mass is 9.87. The van der Waals surface area contributed by atoms with E-state index in [1.165, 1.54) is 4.68 Å².